The molecule has 0 saturated carbocycles. The predicted molar refractivity (Wildman–Crippen MR) is 138 cm³/mol. The zero-order valence-electron chi connectivity index (χ0n) is 21.2. The highest BCUT2D eigenvalue weighted by Crippen LogP contribution is 2.36. The van der Waals surface area contributed by atoms with Gasteiger partial charge in [0.2, 0.25) is 0 Å². The van der Waals surface area contributed by atoms with Crippen LogP contribution in [0.15, 0.2) is 53.8 Å². The van der Waals surface area contributed by atoms with Gasteiger partial charge in [-0.1, -0.05) is 26.0 Å². The number of aromatic amines is 1. The molecule has 1 aliphatic rings. The standard InChI is InChI=1S/C21H23FN4O.C3H5N3.C2H6/c1-12(2)26(3)11-13-8-16-20-18(9-13)23-17(10-19(20)24-25-21(16)27)14-4-6-15(22)7-5-14;1-6-3-4-2-5-6;1-2/h4-9,12,17,23H,10-11H2,1-3H3,(H,25,27);2-3H,1H3;1-2H3. The van der Waals surface area contributed by atoms with E-state index in [1.54, 1.807) is 23.1 Å². The Morgan fingerprint density at radius 1 is 1.20 bits per heavy atom. The summed E-state index contributed by atoms with van der Waals surface area (Å²) in [5.74, 6) is -0.251. The van der Waals surface area contributed by atoms with Gasteiger partial charge in [-0.05, 0) is 56.3 Å². The van der Waals surface area contributed by atoms with E-state index in [2.05, 4.69) is 57.5 Å². The molecule has 0 fully saturated rings. The van der Waals surface area contributed by atoms with Gasteiger partial charge in [0, 0.05) is 37.1 Å². The molecule has 35 heavy (non-hydrogen) atoms. The molecule has 0 bridgehead atoms. The second-order valence-corrected chi connectivity index (χ2v) is 8.60. The number of aromatic nitrogens is 5. The molecular formula is C26H34FN7O. The molecule has 4 aromatic rings. The van der Waals surface area contributed by atoms with Crippen molar-refractivity contribution < 1.29 is 4.39 Å². The normalized spacial score (nSPS) is 14.1. The van der Waals surface area contributed by atoms with Gasteiger partial charge in [0.1, 0.15) is 18.5 Å². The van der Waals surface area contributed by atoms with Crippen molar-refractivity contribution in [3.63, 3.8) is 0 Å². The summed E-state index contributed by atoms with van der Waals surface area (Å²) < 4.78 is 14.9. The maximum absolute atomic E-state index is 13.3. The van der Waals surface area contributed by atoms with Crippen LogP contribution < -0.4 is 10.9 Å². The molecule has 3 heterocycles. The third kappa shape index (κ3) is 6.30. The lowest BCUT2D eigenvalue weighted by atomic mass is 9.93. The van der Waals surface area contributed by atoms with E-state index in [-0.39, 0.29) is 17.4 Å². The number of halogens is 1. The van der Waals surface area contributed by atoms with Crippen molar-refractivity contribution in [3.8, 4) is 0 Å². The molecule has 2 aromatic carbocycles. The Morgan fingerprint density at radius 2 is 1.91 bits per heavy atom. The molecule has 186 valence electrons. The van der Waals surface area contributed by atoms with E-state index in [1.165, 1.54) is 18.5 Å². The minimum atomic E-state index is -0.251. The maximum atomic E-state index is 13.3. The minimum absolute atomic E-state index is 0.0159. The monoisotopic (exact) mass is 479 g/mol. The van der Waals surface area contributed by atoms with E-state index in [9.17, 15) is 9.18 Å². The number of nitrogens with zero attached hydrogens (tertiary/aromatic N) is 5. The lowest BCUT2D eigenvalue weighted by Crippen LogP contribution is -2.26. The summed E-state index contributed by atoms with van der Waals surface area (Å²) in [7, 11) is 3.89. The summed E-state index contributed by atoms with van der Waals surface area (Å²) in [5, 5.41) is 15.7. The average Bonchev–Trinajstić information content (AvgIpc) is 3.34. The number of benzene rings is 2. The first-order valence-electron chi connectivity index (χ1n) is 11.9. The van der Waals surface area contributed by atoms with Crippen LogP contribution in [-0.2, 0) is 20.0 Å². The Bertz CT molecular complexity index is 1280. The van der Waals surface area contributed by atoms with Crippen molar-refractivity contribution in [2.45, 2.75) is 52.7 Å². The zero-order chi connectivity index (χ0) is 25.5. The fourth-order valence-electron chi connectivity index (χ4n) is 3.85. The van der Waals surface area contributed by atoms with Crippen LogP contribution in [0, 0.1) is 5.82 Å². The number of H-pyrrole nitrogens is 1. The van der Waals surface area contributed by atoms with Crippen molar-refractivity contribution >= 4 is 16.5 Å². The van der Waals surface area contributed by atoms with Gasteiger partial charge in [-0.3, -0.25) is 14.4 Å². The van der Waals surface area contributed by atoms with Crippen LogP contribution in [0.3, 0.4) is 0 Å². The van der Waals surface area contributed by atoms with E-state index < -0.39 is 0 Å². The first kappa shape index (κ1) is 26.0. The second-order valence-electron chi connectivity index (χ2n) is 8.60. The smallest absolute Gasteiger partial charge is 0.272 e. The minimum Gasteiger partial charge on any atom is -0.377 e. The van der Waals surface area contributed by atoms with Gasteiger partial charge in [0.05, 0.1) is 17.1 Å². The van der Waals surface area contributed by atoms with Crippen molar-refractivity contribution in [1.82, 2.24) is 29.9 Å². The van der Waals surface area contributed by atoms with E-state index >= 15 is 0 Å². The quantitative estimate of drug-likeness (QED) is 0.449. The van der Waals surface area contributed by atoms with E-state index in [4.69, 9.17) is 0 Å². The van der Waals surface area contributed by atoms with Crippen LogP contribution in [0.5, 0.6) is 0 Å². The number of rotatable bonds is 4. The van der Waals surface area contributed by atoms with E-state index in [0.717, 1.165) is 34.4 Å². The van der Waals surface area contributed by atoms with Crippen LogP contribution in [0.25, 0.3) is 10.8 Å². The number of aryl methyl sites for hydroxylation is 1. The van der Waals surface area contributed by atoms with Gasteiger partial charge in [0.25, 0.3) is 5.56 Å². The Hall–Kier alpha value is -3.59. The summed E-state index contributed by atoms with van der Waals surface area (Å²) in [6, 6.07) is 11.0. The molecule has 5 rings (SSSR count). The first-order valence-corrected chi connectivity index (χ1v) is 11.9. The third-order valence-electron chi connectivity index (χ3n) is 5.87. The Kier molecular flexibility index (Phi) is 8.70. The van der Waals surface area contributed by atoms with Gasteiger partial charge >= 0.3 is 0 Å². The molecule has 1 unspecified atom stereocenters. The summed E-state index contributed by atoms with van der Waals surface area (Å²) in [6.07, 6.45) is 3.77. The Morgan fingerprint density at radius 3 is 2.49 bits per heavy atom. The summed E-state index contributed by atoms with van der Waals surface area (Å²) in [4.78, 5) is 18.3. The SMILES string of the molecule is CC.CC(C)N(C)Cc1cc2c3c(n[nH]c(=O)c3c1)CC(c1ccc(F)cc1)N2.Cn1cncn1. The topological polar surface area (TPSA) is 91.7 Å². The number of hydrogen-bond donors (Lipinski definition) is 2. The van der Waals surface area contributed by atoms with Crippen molar-refractivity contribution in [3.05, 3.63) is 82.0 Å². The van der Waals surface area contributed by atoms with E-state index in [0.29, 0.717) is 17.8 Å². The summed E-state index contributed by atoms with van der Waals surface area (Å²) >= 11 is 0. The summed E-state index contributed by atoms with van der Waals surface area (Å²) in [5.41, 5.74) is 3.66. The van der Waals surface area contributed by atoms with Gasteiger partial charge in [-0.15, -0.1) is 0 Å². The van der Waals surface area contributed by atoms with Crippen molar-refractivity contribution in [1.29, 1.82) is 0 Å². The van der Waals surface area contributed by atoms with Crippen LogP contribution in [0.1, 0.15) is 50.6 Å². The first-order chi connectivity index (χ1) is 16.8. The molecule has 8 nitrogen and oxygen atoms in total. The Balaban J connectivity index is 0.000000369. The predicted octanol–water partition coefficient (Wildman–Crippen LogP) is 4.45. The molecule has 1 aliphatic heterocycles. The number of nitrogens with one attached hydrogen (secondary N) is 2. The lowest BCUT2D eigenvalue weighted by molar-refractivity contribution is 0.266. The highest BCUT2D eigenvalue weighted by molar-refractivity contribution is 5.97. The van der Waals surface area contributed by atoms with E-state index in [1.807, 2.05) is 27.0 Å². The largest absolute Gasteiger partial charge is 0.377 e. The fourth-order valence-corrected chi connectivity index (χ4v) is 3.85. The molecule has 9 heteroatoms. The maximum Gasteiger partial charge on any atom is 0.272 e. The van der Waals surface area contributed by atoms with Crippen LogP contribution in [0.2, 0.25) is 0 Å². The number of anilines is 1. The average molecular weight is 480 g/mol. The third-order valence-corrected chi connectivity index (χ3v) is 5.87. The van der Waals surface area contributed by atoms with Crippen LogP contribution in [0.4, 0.5) is 10.1 Å². The molecule has 0 radical (unpaired) electrons. The molecule has 1 atom stereocenters. The Labute approximate surface area is 205 Å². The molecule has 0 aliphatic carbocycles. The lowest BCUT2D eigenvalue weighted by Gasteiger charge is -2.28. The molecule has 0 spiro atoms. The van der Waals surface area contributed by atoms with Crippen LogP contribution >= 0.6 is 0 Å². The molecule has 2 aromatic heterocycles. The molecule has 0 amide bonds. The zero-order valence-corrected chi connectivity index (χ0v) is 21.2. The van der Waals surface area contributed by atoms with Crippen molar-refractivity contribution in [2.24, 2.45) is 7.05 Å². The fraction of sp³-hybridized carbons (Fsp3) is 0.385. The highest BCUT2D eigenvalue weighted by Gasteiger charge is 2.24. The van der Waals surface area contributed by atoms with Gasteiger partial charge in [0.15, 0.2) is 0 Å². The number of hydrogen-bond acceptors (Lipinski definition) is 6. The molecule has 2 N–H and O–H groups in total. The van der Waals surface area contributed by atoms with Crippen molar-refractivity contribution in [2.75, 3.05) is 12.4 Å². The highest BCUT2D eigenvalue weighted by atomic mass is 19.1. The molecular weight excluding hydrogens is 445 g/mol. The molecule has 0 saturated heterocycles. The van der Waals surface area contributed by atoms with Gasteiger partial charge < -0.3 is 5.32 Å². The summed E-state index contributed by atoms with van der Waals surface area (Å²) in [6.45, 7) is 9.03. The second kappa shape index (κ2) is 11.7. The van der Waals surface area contributed by atoms with Gasteiger partial charge in [-0.2, -0.15) is 10.2 Å². The van der Waals surface area contributed by atoms with Gasteiger partial charge in [-0.25, -0.2) is 14.5 Å². The van der Waals surface area contributed by atoms with Crippen LogP contribution in [-0.4, -0.2) is 43.0 Å².